The maximum Gasteiger partial charge on any atom is 0.244 e. The van der Waals surface area contributed by atoms with Gasteiger partial charge in [-0.15, -0.1) is 0 Å². The quantitative estimate of drug-likeness (QED) is 0.831. The molecule has 2 aromatic rings. The van der Waals surface area contributed by atoms with Gasteiger partial charge in [-0.1, -0.05) is 0 Å². The Hall–Kier alpha value is -2.15. The van der Waals surface area contributed by atoms with Crippen LogP contribution in [0.3, 0.4) is 0 Å². The fraction of sp³-hybridized carbons (Fsp3) is 0.611. The van der Waals surface area contributed by atoms with E-state index >= 15 is 0 Å². The molecule has 1 amide bonds. The number of hydrogen-bond donors (Lipinski definition) is 0. The van der Waals surface area contributed by atoms with Crippen LogP contribution in [0.15, 0.2) is 12.3 Å². The molecule has 3 rings (SSSR count). The number of likely N-dealkylation sites (tertiary alicyclic amines) is 1. The summed E-state index contributed by atoms with van der Waals surface area (Å²) in [5.41, 5.74) is 3.08. The van der Waals surface area contributed by atoms with Crippen LogP contribution in [0.1, 0.15) is 41.8 Å². The second-order valence-corrected chi connectivity index (χ2v) is 6.84. The molecular formula is C18H27N5O2. The predicted molar refractivity (Wildman–Crippen MR) is 94.2 cm³/mol. The second kappa shape index (κ2) is 7.39. The van der Waals surface area contributed by atoms with E-state index in [1.807, 2.05) is 31.0 Å². The first kappa shape index (κ1) is 17.7. The number of hydrogen-bond acceptors (Lipinski definition) is 4. The number of aryl methyl sites for hydroxylation is 3. The molecular weight excluding hydrogens is 318 g/mol. The number of imidazole rings is 1. The minimum Gasteiger partial charge on any atom is -0.377 e. The summed E-state index contributed by atoms with van der Waals surface area (Å²) >= 11 is 0. The van der Waals surface area contributed by atoms with Crippen molar-refractivity contribution in [1.29, 1.82) is 0 Å². The third-order valence-electron chi connectivity index (χ3n) is 4.83. The Balaban J connectivity index is 1.72. The van der Waals surface area contributed by atoms with Crippen LogP contribution in [0.5, 0.6) is 0 Å². The zero-order chi connectivity index (χ0) is 18.0. The lowest BCUT2D eigenvalue weighted by molar-refractivity contribution is -0.133. The first-order valence-corrected chi connectivity index (χ1v) is 8.80. The van der Waals surface area contributed by atoms with Crippen LogP contribution in [0.25, 0.3) is 0 Å². The van der Waals surface area contributed by atoms with Gasteiger partial charge in [0.05, 0.1) is 11.7 Å². The highest BCUT2D eigenvalue weighted by molar-refractivity contribution is 5.76. The minimum atomic E-state index is 0.127. The van der Waals surface area contributed by atoms with Gasteiger partial charge in [-0.05, 0) is 39.7 Å². The molecule has 25 heavy (non-hydrogen) atoms. The lowest BCUT2D eigenvalue weighted by Crippen LogP contribution is -2.42. The molecule has 136 valence electrons. The number of aromatic nitrogens is 4. The van der Waals surface area contributed by atoms with Crippen molar-refractivity contribution in [3.05, 3.63) is 35.2 Å². The number of piperidine rings is 1. The number of nitrogens with zero attached hydrogens (tertiary/aromatic N) is 5. The molecule has 3 heterocycles. The van der Waals surface area contributed by atoms with Crippen LogP contribution in [-0.2, 0) is 22.7 Å². The molecule has 0 saturated carbocycles. The SMILES string of the molecule is COCc1ncc(C)n1C1CCCN(C(=O)Cn2nc(C)cc2C)C1. The monoisotopic (exact) mass is 345 g/mol. The van der Waals surface area contributed by atoms with E-state index in [2.05, 4.69) is 21.6 Å². The van der Waals surface area contributed by atoms with Crippen molar-refractivity contribution in [2.24, 2.45) is 0 Å². The summed E-state index contributed by atoms with van der Waals surface area (Å²) in [4.78, 5) is 19.2. The molecule has 7 heteroatoms. The van der Waals surface area contributed by atoms with E-state index in [-0.39, 0.29) is 11.9 Å². The highest BCUT2D eigenvalue weighted by atomic mass is 16.5. The normalized spacial score (nSPS) is 17.9. The summed E-state index contributed by atoms with van der Waals surface area (Å²) in [7, 11) is 1.68. The van der Waals surface area contributed by atoms with E-state index in [1.165, 1.54) is 0 Å². The van der Waals surface area contributed by atoms with E-state index < -0.39 is 0 Å². The number of methoxy groups -OCH3 is 1. The van der Waals surface area contributed by atoms with Crippen LogP contribution in [0.2, 0.25) is 0 Å². The van der Waals surface area contributed by atoms with Crippen molar-refractivity contribution in [1.82, 2.24) is 24.2 Å². The first-order chi connectivity index (χ1) is 12.0. The number of ether oxygens (including phenoxy) is 1. The molecule has 1 fully saturated rings. The lowest BCUT2D eigenvalue weighted by atomic mass is 10.0. The molecule has 0 bridgehead atoms. The Labute approximate surface area is 148 Å². The van der Waals surface area contributed by atoms with E-state index in [0.29, 0.717) is 19.7 Å². The summed E-state index contributed by atoms with van der Waals surface area (Å²) in [6, 6.07) is 2.25. The molecule has 1 saturated heterocycles. The Kier molecular flexibility index (Phi) is 5.22. The first-order valence-electron chi connectivity index (χ1n) is 8.80. The van der Waals surface area contributed by atoms with Crippen molar-refractivity contribution in [3.63, 3.8) is 0 Å². The van der Waals surface area contributed by atoms with Crippen LogP contribution >= 0.6 is 0 Å². The molecule has 0 radical (unpaired) electrons. The third kappa shape index (κ3) is 3.76. The average Bonchev–Trinajstić information content (AvgIpc) is 3.10. The average molecular weight is 345 g/mol. The van der Waals surface area contributed by atoms with Gasteiger partial charge in [-0.25, -0.2) is 4.98 Å². The Bertz CT molecular complexity index is 749. The molecule has 0 aliphatic carbocycles. The van der Waals surface area contributed by atoms with Crippen molar-refractivity contribution < 1.29 is 9.53 Å². The highest BCUT2D eigenvalue weighted by Gasteiger charge is 2.27. The maximum absolute atomic E-state index is 12.8. The van der Waals surface area contributed by atoms with Crippen molar-refractivity contribution in [2.75, 3.05) is 20.2 Å². The fourth-order valence-corrected chi connectivity index (χ4v) is 3.69. The van der Waals surface area contributed by atoms with Gasteiger partial charge < -0.3 is 14.2 Å². The van der Waals surface area contributed by atoms with Gasteiger partial charge >= 0.3 is 0 Å². The molecule has 1 aliphatic heterocycles. The largest absolute Gasteiger partial charge is 0.377 e. The third-order valence-corrected chi connectivity index (χ3v) is 4.83. The minimum absolute atomic E-state index is 0.127. The highest BCUT2D eigenvalue weighted by Crippen LogP contribution is 2.25. The van der Waals surface area contributed by atoms with Crippen molar-refractivity contribution >= 4 is 5.91 Å². The molecule has 0 spiro atoms. The van der Waals surface area contributed by atoms with Crippen LogP contribution < -0.4 is 0 Å². The zero-order valence-corrected chi connectivity index (χ0v) is 15.5. The van der Waals surface area contributed by atoms with Crippen LogP contribution in [0, 0.1) is 20.8 Å². The molecule has 0 N–H and O–H groups in total. The standard InChI is InChI=1S/C18H27N5O2/c1-13-8-14(2)22(20-13)11-18(24)21-7-5-6-16(10-21)23-15(3)9-19-17(23)12-25-4/h8-9,16H,5-7,10-12H2,1-4H3. The molecule has 2 aromatic heterocycles. The van der Waals surface area contributed by atoms with Gasteiger partial charge in [0, 0.05) is 37.8 Å². The van der Waals surface area contributed by atoms with Crippen molar-refractivity contribution in [3.8, 4) is 0 Å². The van der Waals surface area contributed by atoms with Crippen molar-refractivity contribution in [2.45, 2.75) is 52.8 Å². The predicted octanol–water partition coefficient (Wildman–Crippen LogP) is 2.01. The van der Waals surface area contributed by atoms with Crippen LogP contribution in [0.4, 0.5) is 0 Å². The van der Waals surface area contributed by atoms with Gasteiger partial charge in [0.2, 0.25) is 5.91 Å². The van der Waals surface area contributed by atoms with Gasteiger partial charge in [-0.3, -0.25) is 9.48 Å². The summed E-state index contributed by atoms with van der Waals surface area (Å²) < 4.78 is 9.29. The van der Waals surface area contributed by atoms with E-state index in [0.717, 1.165) is 42.3 Å². The van der Waals surface area contributed by atoms with E-state index in [4.69, 9.17) is 4.74 Å². The van der Waals surface area contributed by atoms with E-state index in [1.54, 1.807) is 11.8 Å². The zero-order valence-electron chi connectivity index (χ0n) is 15.5. The Morgan fingerprint density at radius 1 is 1.32 bits per heavy atom. The number of carbonyl (C=O) groups excluding carboxylic acids is 1. The van der Waals surface area contributed by atoms with Gasteiger partial charge in [0.25, 0.3) is 0 Å². The second-order valence-electron chi connectivity index (χ2n) is 6.84. The lowest BCUT2D eigenvalue weighted by Gasteiger charge is -2.34. The topological polar surface area (TPSA) is 65.2 Å². The molecule has 1 unspecified atom stereocenters. The summed E-state index contributed by atoms with van der Waals surface area (Å²) in [5.74, 6) is 1.06. The summed E-state index contributed by atoms with van der Waals surface area (Å²) in [6.45, 7) is 8.31. The smallest absolute Gasteiger partial charge is 0.244 e. The van der Waals surface area contributed by atoms with E-state index in [9.17, 15) is 4.79 Å². The number of carbonyl (C=O) groups is 1. The van der Waals surface area contributed by atoms with Gasteiger partial charge in [0.1, 0.15) is 19.0 Å². The Morgan fingerprint density at radius 3 is 2.80 bits per heavy atom. The molecule has 0 aromatic carbocycles. The summed E-state index contributed by atoms with van der Waals surface area (Å²) in [6.07, 6.45) is 3.93. The maximum atomic E-state index is 12.8. The molecule has 1 atom stereocenters. The number of amides is 1. The van der Waals surface area contributed by atoms with Crippen LogP contribution in [-0.4, -0.2) is 50.3 Å². The molecule has 1 aliphatic rings. The summed E-state index contributed by atoms with van der Waals surface area (Å²) in [5, 5.41) is 4.40. The molecule has 7 nitrogen and oxygen atoms in total. The number of rotatable bonds is 5. The van der Waals surface area contributed by atoms with Gasteiger partial charge in [-0.2, -0.15) is 5.10 Å². The fourth-order valence-electron chi connectivity index (χ4n) is 3.69. The Morgan fingerprint density at radius 2 is 2.12 bits per heavy atom. The van der Waals surface area contributed by atoms with Gasteiger partial charge in [0.15, 0.2) is 0 Å².